The van der Waals surface area contributed by atoms with E-state index in [-0.39, 0.29) is 0 Å². The van der Waals surface area contributed by atoms with Crippen molar-refractivity contribution < 1.29 is 9.47 Å². The number of aromatic nitrogens is 2. The van der Waals surface area contributed by atoms with Crippen molar-refractivity contribution in [3.63, 3.8) is 0 Å². The van der Waals surface area contributed by atoms with E-state index in [0.29, 0.717) is 23.7 Å². The van der Waals surface area contributed by atoms with E-state index >= 15 is 0 Å². The Morgan fingerprint density at radius 2 is 1.71 bits per heavy atom. The Labute approximate surface area is 214 Å². The molecule has 0 saturated heterocycles. The van der Waals surface area contributed by atoms with Crippen molar-refractivity contribution in [1.29, 1.82) is 0 Å². The molecule has 2 aliphatic rings. The van der Waals surface area contributed by atoms with Crippen LogP contribution < -0.4 is 30.3 Å². The lowest BCUT2D eigenvalue weighted by Gasteiger charge is -2.31. The predicted octanol–water partition coefficient (Wildman–Crippen LogP) is 3.83. The lowest BCUT2D eigenvalue weighted by Crippen LogP contribution is -2.44. The molecule has 2 aromatic rings. The maximum atomic E-state index is 5.56. The fourth-order valence-corrected chi connectivity index (χ4v) is 5.22. The molecule has 3 N–H and O–H groups in total. The van der Waals surface area contributed by atoms with Crippen LogP contribution in [0.25, 0.3) is 0 Å². The summed E-state index contributed by atoms with van der Waals surface area (Å²) < 4.78 is 10.7. The number of thiocarbonyl (C=S) groups is 1. The number of nitrogens with one attached hydrogen (secondary N) is 3. The zero-order valence-electron chi connectivity index (χ0n) is 21.3. The van der Waals surface area contributed by atoms with Crippen LogP contribution in [0.3, 0.4) is 0 Å². The quantitative estimate of drug-likeness (QED) is 0.470. The summed E-state index contributed by atoms with van der Waals surface area (Å²) in [4.78, 5) is 11.9. The molecule has 1 saturated carbocycles. The summed E-state index contributed by atoms with van der Waals surface area (Å²) in [7, 11) is 7.42. The topological polar surface area (TPSA) is 83.6 Å². The van der Waals surface area contributed by atoms with E-state index in [9.17, 15) is 0 Å². The van der Waals surface area contributed by atoms with E-state index in [1.807, 2.05) is 18.2 Å². The van der Waals surface area contributed by atoms with Gasteiger partial charge in [0, 0.05) is 38.3 Å². The number of hydrogen-bond acceptors (Lipinski definition) is 7. The van der Waals surface area contributed by atoms with Gasteiger partial charge in [-0.2, -0.15) is 4.98 Å². The maximum Gasteiger partial charge on any atom is 0.225 e. The molecule has 0 spiro atoms. The summed E-state index contributed by atoms with van der Waals surface area (Å²) in [5.41, 5.74) is 3.63. The predicted molar refractivity (Wildman–Crippen MR) is 145 cm³/mol. The number of benzene rings is 1. The Morgan fingerprint density at radius 3 is 2.43 bits per heavy atom. The van der Waals surface area contributed by atoms with Crippen LogP contribution in [0, 0.1) is 0 Å². The molecule has 2 aliphatic carbocycles. The van der Waals surface area contributed by atoms with Crippen LogP contribution in [0.15, 0.2) is 18.2 Å². The smallest absolute Gasteiger partial charge is 0.225 e. The Kier molecular flexibility index (Phi) is 8.49. The van der Waals surface area contributed by atoms with E-state index < -0.39 is 0 Å². The zero-order valence-corrected chi connectivity index (χ0v) is 22.1. The third-order valence-corrected chi connectivity index (χ3v) is 7.14. The lowest BCUT2D eigenvalue weighted by molar-refractivity contribution is 0.354. The van der Waals surface area contributed by atoms with E-state index in [1.54, 1.807) is 14.2 Å². The molecule has 0 bridgehead atoms. The van der Waals surface area contributed by atoms with Crippen LogP contribution in [-0.4, -0.2) is 55.5 Å². The summed E-state index contributed by atoms with van der Waals surface area (Å²) in [6.07, 6.45) is 8.82. The van der Waals surface area contributed by atoms with Crippen molar-refractivity contribution in [2.24, 2.45) is 0 Å². The molecule has 9 heteroatoms. The first-order valence-corrected chi connectivity index (χ1v) is 13.0. The molecule has 1 aromatic heterocycles. The minimum atomic E-state index is 0.375. The Bertz CT molecular complexity index is 1020. The number of anilines is 2. The molecule has 0 atom stereocenters. The highest BCUT2D eigenvalue weighted by atomic mass is 32.1. The average Bonchev–Trinajstić information content (AvgIpc) is 2.87. The average molecular weight is 499 g/mol. The second kappa shape index (κ2) is 11.7. The van der Waals surface area contributed by atoms with Gasteiger partial charge in [-0.1, -0.05) is 6.07 Å². The fraction of sp³-hybridized carbons (Fsp3) is 0.577. The molecule has 0 amide bonds. The van der Waals surface area contributed by atoms with Gasteiger partial charge in [-0.3, -0.25) is 0 Å². The molecule has 0 radical (unpaired) electrons. The van der Waals surface area contributed by atoms with Gasteiger partial charge in [0.15, 0.2) is 16.6 Å². The summed E-state index contributed by atoms with van der Waals surface area (Å²) >= 11 is 5.56. The fourth-order valence-electron chi connectivity index (χ4n) is 4.98. The molecule has 190 valence electrons. The second-order valence-electron chi connectivity index (χ2n) is 9.61. The summed E-state index contributed by atoms with van der Waals surface area (Å²) in [5, 5.41) is 11.1. The van der Waals surface area contributed by atoms with Crippen molar-refractivity contribution in [3.8, 4) is 11.5 Å². The van der Waals surface area contributed by atoms with Gasteiger partial charge in [0.1, 0.15) is 5.82 Å². The van der Waals surface area contributed by atoms with Crippen molar-refractivity contribution in [2.75, 3.05) is 38.5 Å². The monoisotopic (exact) mass is 498 g/mol. The normalized spacial score (nSPS) is 19.3. The second-order valence-corrected chi connectivity index (χ2v) is 10.0. The molecule has 0 aliphatic heterocycles. The van der Waals surface area contributed by atoms with E-state index in [1.165, 1.54) is 24.1 Å². The Morgan fingerprint density at radius 1 is 1.00 bits per heavy atom. The number of methoxy groups -OCH3 is 2. The SMILES string of the molecule is COc1ccc(CNC(=S)NC2CCC(Nc3nc4c(c(N(C)C)n3)CCCC4)CC2)cc1OC. The molecule has 1 heterocycles. The molecule has 0 unspecified atom stereocenters. The van der Waals surface area contributed by atoms with Crippen LogP contribution in [0.2, 0.25) is 0 Å². The lowest BCUT2D eigenvalue weighted by atomic mass is 9.91. The van der Waals surface area contributed by atoms with Gasteiger partial charge < -0.3 is 30.3 Å². The van der Waals surface area contributed by atoms with Gasteiger partial charge in [-0.25, -0.2) is 4.98 Å². The number of ether oxygens (including phenoxy) is 2. The Hall–Kier alpha value is -2.81. The third-order valence-electron chi connectivity index (χ3n) is 6.88. The molecular formula is C26H38N6O2S. The van der Waals surface area contributed by atoms with Gasteiger partial charge in [0.05, 0.1) is 19.9 Å². The number of fused-ring (bicyclic) bond motifs is 1. The largest absolute Gasteiger partial charge is 0.493 e. The zero-order chi connectivity index (χ0) is 24.8. The molecule has 8 nitrogen and oxygen atoms in total. The van der Waals surface area contributed by atoms with Crippen molar-refractivity contribution in [1.82, 2.24) is 20.6 Å². The summed E-state index contributed by atoms with van der Waals surface area (Å²) in [5.74, 6) is 3.29. The van der Waals surface area contributed by atoms with Crippen LogP contribution in [-0.2, 0) is 19.4 Å². The van der Waals surface area contributed by atoms with Gasteiger partial charge in [0.2, 0.25) is 5.95 Å². The molecule has 35 heavy (non-hydrogen) atoms. The Balaban J connectivity index is 1.25. The van der Waals surface area contributed by atoms with Crippen molar-refractivity contribution >= 4 is 29.1 Å². The number of aryl methyl sites for hydroxylation is 1. The first kappa shape index (κ1) is 25.3. The standard InChI is InChI=1S/C26H38N6O2S/c1-32(2)24-20-7-5-6-8-21(20)30-25(31-24)28-18-10-12-19(13-11-18)29-26(35)27-16-17-9-14-22(33-3)23(15-17)34-4/h9,14-15,18-19H,5-8,10-13,16H2,1-4H3,(H2,27,29,35)(H,28,30,31). The third kappa shape index (κ3) is 6.45. The van der Waals surface area contributed by atoms with Gasteiger partial charge >= 0.3 is 0 Å². The highest BCUT2D eigenvalue weighted by Gasteiger charge is 2.24. The van der Waals surface area contributed by atoms with Gasteiger partial charge in [-0.15, -0.1) is 0 Å². The van der Waals surface area contributed by atoms with E-state index in [2.05, 4.69) is 34.9 Å². The van der Waals surface area contributed by atoms with Crippen LogP contribution in [0.5, 0.6) is 11.5 Å². The highest BCUT2D eigenvalue weighted by molar-refractivity contribution is 7.80. The molecule has 1 fully saturated rings. The molecule has 4 rings (SSSR count). The first-order valence-electron chi connectivity index (χ1n) is 12.6. The minimum absolute atomic E-state index is 0.375. The van der Waals surface area contributed by atoms with Crippen LogP contribution in [0.4, 0.5) is 11.8 Å². The van der Waals surface area contributed by atoms with Crippen LogP contribution >= 0.6 is 12.2 Å². The summed E-state index contributed by atoms with van der Waals surface area (Å²) in [6, 6.07) is 6.65. The van der Waals surface area contributed by atoms with E-state index in [4.69, 9.17) is 31.7 Å². The van der Waals surface area contributed by atoms with Gasteiger partial charge in [0.25, 0.3) is 0 Å². The molecular weight excluding hydrogens is 460 g/mol. The number of rotatable bonds is 8. The molecule has 1 aromatic carbocycles. The maximum absolute atomic E-state index is 5.56. The minimum Gasteiger partial charge on any atom is -0.493 e. The number of nitrogens with zero attached hydrogens (tertiary/aromatic N) is 3. The van der Waals surface area contributed by atoms with E-state index in [0.717, 1.165) is 67.4 Å². The van der Waals surface area contributed by atoms with Crippen LogP contribution in [0.1, 0.15) is 55.3 Å². The highest BCUT2D eigenvalue weighted by Crippen LogP contribution is 2.30. The van der Waals surface area contributed by atoms with Crippen molar-refractivity contribution in [3.05, 3.63) is 35.0 Å². The van der Waals surface area contributed by atoms with Gasteiger partial charge in [-0.05, 0) is 81.3 Å². The summed E-state index contributed by atoms with van der Waals surface area (Å²) in [6.45, 7) is 0.632. The first-order chi connectivity index (χ1) is 17.0. The van der Waals surface area contributed by atoms with Crippen molar-refractivity contribution in [2.45, 2.75) is 70.0 Å². The number of hydrogen-bond donors (Lipinski definition) is 3.